The quantitative estimate of drug-likeness (QED) is 0.821. The van der Waals surface area contributed by atoms with Crippen molar-refractivity contribution in [2.24, 2.45) is 0 Å². The molecular formula is C13H13N3O3S. The Morgan fingerprint density at radius 1 is 1.45 bits per heavy atom. The highest BCUT2D eigenvalue weighted by Crippen LogP contribution is 2.16. The molecule has 1 aliphatic heterocycles. The molecule has 3 rings (SSSR count). The zero-order valence-corrected chi connectivity index (χ0v) is 11.6. The first-order valence-corrected chi connectivity index (χ1v) is 6.63. The van der Waals surface area contributed by atoms with E-state index in [0.717, 1.165) is 5.52 Å². The first-order valence-electron chi connectivity index (χ1n) is 6.22. The molecule has 1 fully saturated rings. The lowest BCUT2D eigenvalue weighted by atomic mass is 10.1. The van der Waals surface area contributed by atoms with E-state index in [-0.39, 0.29) is 22.7 Å². The van der Waals surface area contributed by atoms with Gasteiger partial charge in [0.05, 0.1) is 11.6 Å². The fourth-order valence-electron chi connectivity index (χ4n) is 2.18. The molecule has 104 valence electrons. The summed E-state index contributed by atoms with van der Waals surface area (Å²) in [6.45, 7) is 2.65. The van der Waals surface area contributed by atoms with E-state index in [1.807, 2.05) is 0 Å². The number of hydrogen-bond acceptors (Lipinski definition) is 4. The molecule has 0 aliphatic carbocycles. The molecule has 1 aromatic heterocycles. The molecule has 0 bridgehead atoms. The summed E-state index contributed by atoms with van der Waals surface area (Å²) in [5.41, 5.74) is 1.83. The van der Waals surface area contributed by atoms with E-state index >= 15 is 0 Å². The van der Waals surface area contributed by atoms with E-state index in [1.165, 1.54) is 6.92 Å². The molecule has 7 heteroatoms. The molecule has 2 amide bonds. The Bertz CT molecular complexity index is 743. The number of carbonyl (C=O) groups is 2. The molecule has 0 atom stereocenters. The second kappa shape index (κ2) is 4.75. The minimum atomic E-state index is -0.178. The van der Waals surface area contributed by atoms with Crippen molar-refractivity contribution in [2.75, 3.05) is 13.1 Å². The maximum atomic E-state index is 12.1. The lowest BCUT2D eigenvalue weighted by Gasteiger charge is -2.38. The fraction of sp³-hybridized carbons (Fsp3) is 0.308. The Morgan fingerprint density at radius 2 is 2.20 bits per heavy atom. The van der Waals surface area contributed by atoms with Crippen molar-refractivity contribution >= 4 is 35.1 Å². The molecule has 0 saturated carbocycles. The van der Waals surface area contributed by atoms with Crippen molar-refractivity contribution in [3.63, 3.8) is 0 Å². The normalized spacial score (nSPS) is 15.2. The highest BCUT2D eigenvalue weighted by molar-refractivity contribution is 7.71. The predicted molar refractivity (Wildman–Crippen MR) is 74.9 cm³/mol. The number of H-pyrrole nitrogens is 1. The number of likely N-dealkylation sites (tertiary alicyclic amines) is 1. The van der Waals surface area contributed by atoms with Crippen molar-refractivity contribution in [3.8, 4) is 0 Å². The van der Waals surface area contributed by atoms with Gasteiger partial charge in [-0.1, -0.05) is 0 Å². The van der Waals surface area contributed by atoms with Crippen molar-refractivity contribution in [3.05, 3.63) is 28.6 Å². The van der Waals surface area contributed by atoms with Crippen molar-refractivity contribution in [1.29, 1.82) is 0 Å². The van der Waals surface area contributed by atoms with Crippen molar-refractivity contribution < 1.29 is 14.0 Å². The Morgan fingerprint density at radius 3 is 2.90 bits per heavy atom. The number of aromatic nitrogens is 1. The van der Waals surface area contributed by atoms with Crippen LogP contribution in [0, 0.1) is 4.84 Å². The number of rotatable bonds is 2. The fourth-order valence-corrected chi connectivity index (χ4v) is 2.38. The van der Waals surface area contributed by atoms with Crippen LogP contribution in [0.25, 0.3) is 11.1 Å². The average Bonchev–Trinajstić information content (AvgIpc) is 2.71. The minimum absolute atomic E-state index is 0.0137. The summed E-state index contributed by atoms with van der Waals surface area (Å²) in [7, 11) is 0. The van der Waals surface area contributed by atoms with Gasteiger partial charge in [0.2, 0.25) is 5.91 Å². The van der Waals surface area contributed by atoms with Gasteiger partial charge in [0.15, 0.2) is 5.58 Å². The van der Waals surface area contributed by atoms with Crippen LogP contribution < -0.4 is 5.32 Å². The van der Waals surface area contributed by atoms with E-state index < -0.39 is 0 Å². The SMILES string of the molecule is CC(=O)N1CC(NC(=O)c2ccc3[nH]c(=S)oc3c2)C1. The van der Waals surface area contributed by atoms with Crippen LogP contribution in [0.4, 0.5) is 0 Å². The summed E-state index contributed by atoms with van der Waals surface area (Å²) >= 11 is 4.90. The number of benzene rings is 1. The third kappa shape index (κ3) is 2.32. The number of oxazole rings is 1. The number of carbonyl (C=O) groups excluding carboxylic acids is 2. The Hall–Kier alpha value is -2.15. The molecule has 6 nitrogen and oxygen atoms in total. The molecule has 2 heterocycles. The number of aromatic amines is 1. The van der Waals surface area contributed by atoms with E-state index in [0.29, 0.717) is 24.2 Å². The summed E-state index contributed by atoms with van der Waals surface area (Å²) in [4.78, 5) is 28.0. The van der Waals surface area contributed by atoms with Crippen LogP contribution >= 0.6 is 12.2 Å². The monoisotopic (exact) mass is 291 g/mol. The summed E-state index contributed by atoms with van der Waals surface area (Å²) in [6.07, 6.45) is 0. The average molecular weight is 291 g/mol. The van der Waals surface area contributed by atoms with Gasteiger partial charge >= 0.3 is 0 Å². The molecular weight excluding hydrogens is 278 g/mol. The van der Waals surface area contributed by atoms with Crippen LogP contribution in [0.2, 0.25) is 0 Å². The highest BCUT2D eigenvalue weighted by atomic mass is 32.1. The molecule has 1 aromatic carbocycles. The second-order valence-corrected chi connectivity index (χ2v) is 5.19. The number of amides is 2. The van der Waals surface area contributed by atoms with Gasteiger partial charge in [-0.25, -0.2) is 0 Å². The third-order valence-electron chi connectivity index (χ3n) is 3.35. The number of hydrogen-bond donors (Lipinski definition) is 2. The lowest BCUT2D eigenvalue weighted by molar-refractivity contribution is -0.133. The van der Waals surface area contributed by atoms with E-state index in [2.05, 4.69) is 10.3 Å². The molecule has 0 unspecified atom stereocenters. The topological polar surface area (TPSA) is 78.3 Å². The van der Waals surface area contributed by atoms with Crippen molar-refractivity contribution in [1.82, 2.24) is 15.2 Å². The molecule has 2 aromatic rings. The van der Waals surface area contributed by atoms with E-state index in [1.54, 1.807) is 23.1 Å². The van der Waals surface area contributed by atoms with Gasteiger partial charge in [-0.2, -0.15) is 0 Å². The van der Waals surface area contributed by atoms with Gasteiger partial charge in [-0.3, -0.25) is 9.59 Å². The number of nitrogens with one attached hydrogen (secondary N) is 2. The van der Waals surface area contributed by atoms with Gasteiger partial charge in [-0.05, 0) is 30.4 Å². The van der Waals surface area contributed by atoms with Crippen LogP contribution in [0.5, 0.6) is 0 Å². The first kappa shape index (κ1) is 12.9. The summed E-state index contributed by atoms with van der Waals surface area (Å²) < 4.78 is 5.28. The summed E-state index contributed by atoms with van der Waals surface area (Å²) in [5.74, 6) is -0.150. The van der Waals surface area contributed by atoms with Gasteiger partial charge in [0, 0.05) is 25.6 Å². The smallest absolute Gasteiger partial charge is 0.266 e. The van der Waals surface area contributed by atoms with Gasteiger partial charge < -0.3 is 19.6 Å². The van der Waals surface area contributed by atoms with Crippen LogP contribution in [0.3, 0.4) is 0 Å². The first-order chi connectivity index (χ1) is 9.52. The minimum Gasteiger partial charge on any atom is -0.429 e. The molecule has 0 spiro atoms. The standard InChI is InChI=1S/C13H13N3O3S/c1-7(17)16-5-9(6-16)14-12(18)8-2-3-10-11(4-8)19-13(20)15-10/h2-4,9H,5-6H2,1H3,(H,14,18)(H,15,20). The van der Waals surface area contributed by atoms with E-state index in [4.69, 9.17) is 16.6 Å². The Kier molecular flexibility index (Phi) is 3.06. The largest absolute Gasteiger partial charge is 0.429 e. The van der Waals surface area contributed by atoms with Crippen LogP contribution in [-0.2, 0) is 4.79 Å². The van der Waals surface area contributed by atoms with Gasteiger partial charge in [0.1, 0.15) is 0 Å². The van der Waals surface area contributed by atoms with Crippen LogP contribution in [-0.4, -0.2) is 40.8 Å². The molecule has 0 radical (unpaired) electrons. The summed E-state index contributed by atoms with van der Waals surface area (Å²) in [5, 5.41) is 2.88. The Balaban J connectivity index is 1.70. The van der Waals surface area contributed by atoms with Crippen molar-refractivity contribution in [2.45, 2.75) is 13.0 Å². The van der Waals surface area contributed by atoms with Crippen LogP contribution in [0.15, 0.2) is 22.6 Å². The maximum Gasteiger partial charge on any atom is 0.266 e. The van der Waals surface area contributed by atoms with Gasteiger partial charge in [0.25, 0.3) is 10.7 Å². The second-order valence-electron chi connectivity index (χ2n) is 4.82. The predicted octanol–water partition coefficient (Wildman–Crippen LogP) is 1.45. The maximum absolute atomic E-state index is 12.1. The van der Waals surface area contributed by atoms with E-state index in [9.17, 15) is 9.59 Å². The lowest BCUT2D eigenvalue weighted by Crippen LogP contribution is -2.60. The molecule has 20 heavy (non-hydrogen) atoms. The third-order valence-corrected chi connectivity index (χ3v) is 3.53. The Labute approximate surface area is 119 Å². The molecule has 1 saturated heterocycles. The highest BCUT2D eigenvalue weighted by Gasteiger charge is 2.29. The zero-order chi connectivity index (χ0) is 14.3. The number of nitrogens with zero attached hydrogens (tertiary/aromatic N) is 1. The molecule has 1 aliphatic rings. The molecule has 2 N–H and O–H groups in total. The van der Waals surface area contributed by atoms with Gasteiger partial charge in [-0.15, -0.1) is 0 Å². The zero-order valence-electron chi connectivity index (χ0n) is 10.8. The van der Waals surface area contributed by atoms with Crippen LogP contribution in [0.1, 0.15) is 17.3 Å². The number of fused-ring (bicyclic) bond motifs is 1. The summed E-state index contributed by atoms with van der Waals surface area (Å²) in [6, 6.07) is 5.13.